The number of hydrogen-bond acceptors (Lipinski definition) is 12. The predicted octanol–water partition coefficient (Wildman–Crippen LogP) is 3.09. The van der Waals surface area contributed by atoms with E-state index in [2.05, 4.69) is 0 Å². The highest BCUT2D eigenvalue weighted by Crippen LogP contribution is 2.44. The van der Waals surface area contributed by atoms with Crippen LogP contribution in [-0.2, 0) is 24.0 Å². The number of rotatable bonds is 6. The van der Waals surface area contributed by atoms with Gasteiger partial charge in [0, 0.05) is 40.7 Å². The van der Waals surface area contributed by atoms with Gasteiger partial charge >= 0.3 is 29.8 Å². The third-order valence-corrected chi connectivity index (χ3v) is 4.45. The normalized spacial score (nSPS) is 10.4. The number of hydrogen-bond donors (Lipinski definition) is 0. The summed E-state index contributed by atoms with van der Waals surface area (Å²) in [7, 11) is 0. The van der Waals surface area contributed by atoms with Gasteiger partial charge in [-0.05, 0) is 17.7 Å². The van der Waals surface area contributed by atoms with E-state index in [1.165, 1.54) is 18.2 Å². The number of ether oxygens (including phenoxy) is 5. The third-order valence-electron chi connectivity index (χ3n) is 4.45. The lowest BCUT2D eigenvalue weighted by molar-refractivity contribution is -0.135. The first-order valence-electron chi connectivity index (χ1n) is 10.6. The quantitative estimate of drug-likeness (QED) is 0.351. The number of esters is 5. The fourth-order valence-electron chi connectivity index (χ4n) is 3.27. The molecule has 1 heterocycles. The molecule has 0 atom stereocenters. The van der Waals surface area contributed by atoms with Crippen LogP contribution in [0.25, 0.3) is 22.1 Å². The van der Waals surface area contributed by atoms with Gasteiger partial charge in [0.05, 0.1) is 5.56 Å². The van der Waals surface area contributed by atoms with Gasteiger partial charge in [-0.3, -0.25) is 28.8 Å². The molecule has 3 rings (SSSR count). The zero-order chi connectivity index (χ0) is 27.4. The van der Waals surface area contributed by atoms with E-state index in [4.69, 9.17) is 28.1 Å². The molecule has 0 saturated carbocycles. The van der Waals surface area contributed by atoms with Gasteiger partial charge < -0.3 is 28.1 Å². The summed E-state index contributed by atoms with van der Waals surface area (Å²) in [5.41, 5.74) is -0.810. The monoisotopic (exact) mass is 512 g/mol. The molecule has 0 bridgehead atoms. The lowest BCUT2D eigenvalue weighted by atomic mass is 10.0. The second-order valence-corrected chi connectivity index (χ2v) is 7.51. The van der Waals surface area contributed by atoms with Crippen molar-refractivity contribution < 1.29 is 52.1 Å². The molecule has 1 aromatic heterocycles. The average Bonchev–Trinajstić information content (AvgIpc) is 2.76. The minimum atomic E-state index is -0.873. The molecule has 0 spiro atoms. The van der Waals surface area contributed by atoms with E-state index in [1.807, 2.05) is 0 Å². The summed E-state index contributed by atoms with van der Waals surface area (Å²) in [4.78, 5) is 71.8. The second-order valence-electron chi connectivity index (χ2n) is 7.51. The Morgan fingerprint density at radius 2 is 1.14 bits per heavy atom. The Labute approximate surface area is 208 Å². The average molecular weight is 512 g/mol. The summed E-state index contributed by atoms with van der Waals surface area (Å²) in [6.45, 7) is 5.49. The lowest BCUT2D eigenvalue weighted by Crippen LogP contribution is -2.14. The minimum absolute atomic E-state index is 0.0691. The second kappa shape index (κ2) is 10.7. The molecule has 0 amide bonds. The summed E-state index contributed by atoms with van der Waals surface area (Å²) < 4.78 is 31.1. The molecule has 0 saturated heterocycles. The molecule has 2 aromatic carbocycles. The first kappa shape index (κ1) is 26.6. The number of carbonyl (C=O) groups excluding carboxylic acids is 5. The molecule has 0 aliphatic rings. The zero-order valence-electron chi connectivity index (χ0n) is 20.3. The number of carbonyl (C=O) groups is 5. The molecule has 192 valence electrons. The maximum atomic E-state index is 13.6. The van der Waals surface area contributed by atoms with Crippen LogP contribution in [0.2, 0.25) is 0 Å². The summed E-state index contributed by atoms with van der Waals surface area (Å²) in [6, 6.07) is 5.10. The molecular weight excluding hydrogens is 492 g/mol. The Bertz CT molecular complexity index is 1510. The van der Waals surface area contributed by atoms with Crippen molar-refractivity contribution in [1.82, 2.24) is 0 Å². The molecular formula is C25H20O12. The maximum Gasteiger partial charge on any atom is 0.308 e. The molecule has 12 heteroatoms. The smallest absolute Gasteiger partial charge is 0.308 e. The van der Waals surface area contributed by atoms with Crippen LogP contribution in [-0.4, -0.2) is 29.8 Å². The number of fused-ring (bicyclic) bond motifs is 1. The van der Waals surface area contributed by atoms with Crippen molar-refractivity contribution in [2.45, 2.75) is 34.6 Å². The van der Waals surface area contributed by atoms with E-state index in [0.717, 1.165) is 46.9 Å². The Hall–Kier alpha value is -5.00. The van der Waals surface area contributed by atoms with Crippen LogP contribution in [0.5, 0.6) is 28.7 Å². The summed E-state index contributed by atoms with van der Waals surface area (Å²) in [5, 5.41) is -0.307. The predicted molar refractivity (Wildman–Crippen MR) is 124 cm³/mol. The van der Waals surface area contributed by atoms with Crippen molar-refractivity contribution in [3.8, 4) is 39.9 Å². The zero-order valence-corrected chi connectivity index (χ0v) is 20.3. The van der Waals surface area contributed by atoms with E-state index in [0.29, 0.717) is 0 Å². The molecule has 0 fully saturated rings. The van der Waals surface area contributed by atoms with Crippen LogP contribution < -0.4 is 29.1 Å². The maximum absolute atomic E-state index is 13.6. The van der Waals surface area contributed by atoms with Gasteiger partial charge in [0.1, 0.15) is 17.2 Å². The van der Waals surface area contributed by atoms with Gasteiger partial charge in [-0.25, -0.2) is 0 Å². The van der Waals surface area contributed by atoms with Crippen molar-refractivity contribution in [2.75, 3.05) is 0 Å². The third kappa shape index (κ3) is 6.17. The largest absolute Gasteiger partial charge is 0.463 e. The number of benzene rings is 2. The van der Waals surface area contributed by atoms with Gasteiger partial charge in [0.25, 0.3) is 0 Å². The van der Waals surface area contributed by atoms with Gasteiger partial charge in [0.15, 0.2) is 23.0 Å². The summed E-state index contributed by atoms with van der Waals surface area (Å²) in [6.07, 6.45) is 1.07. The molecule has 0 radical (unpaired) electrons. The molecule has 0 unspecified atom stereocenters. The van der Waals surface area contributed by atoms with Gasteiger partial charge in [-0.2, -0.15) is 0 Å². The Balaban J connectivity index is 2.34. The van der Waals surface area contributed by atoms with Crippen LogP contribution in [0.4, 0.5) is 0 Å². The standard InChI is InChI=1S/C25H20O12/c1-11(26)33-18-7-6-16(8-19(18)34-12(2)27)17-10-32-20-9-21(35-13(3)28)24(36-14(4)29)25(37-15(5)30)22(20)23(17)31/h6-10H,1-5H3. The highest BCUT2D eigenvalue weighted by Gasteiger charge is 2.26. The van der Waals surface area contributed by atoms with Crippen molar-refractivity contribution in [3.63, 3.8) is 0 Å². The SMILES string of the molecule is CC(=O)Oc1ccc(-c2coc3cc(OC(C)=O)c(OC(C)=O)c(OC(C)=O)c3c2=O)cc1OC(C)=O. The fraction of sp³-hybridized carbons (Fsp3) is 0.200. The van der Waals surface area contributed by atoms with E-state index >= 15 is 0 Å². The van der Waals surface area contributed by atoms with Crippen molar-refractivity contribution in [2.24, 2.45) is 0 Å². The van der Waals surface area contributed by atoms with Crippen molar-refractivity contribution >= 4 is 40.8 Å². The topological polar surface area (TPSA) is 162 Å². The Morgan fingerprint density at radius 3 is 1.70 bits per heavy atom. The Kier molecular flexibility index (Phi) is 7.71. The van der Waals surface area contributed by atoms with Crippen LogP contribution in [0.1, 0.15) is 34.6 Å². The fourth-order valence-corrected chi connectivity index (χ4v) is 3.27. The minimum Gasteiger partial charge on any atom is -0.463 e. The Morgan fingerprint density at radius 1 is 0.622 bits per heavy atom. The first-order valence-corrected chi connectivity index (χ1v) is 10.6. The van der Waals surface area contributed by atoms with Gasteiger partial charge in [-0.1, -0.05) is 6.07 Å². The molecule has 12 nitrogen and oxygen atoms in total. The van der Waals surface area contributed by atoms with Crippen LogP contribution in [0.15, 0.2) is 39.7 Å². The van der Waals surface area contributed by atoms with Crippen LogP contribution in [0.3, 0.4) is 0 Å². The van der Waals surface area contributed by atoms with E-state index < -0.39 is 46.8 Å². The molecule has 0 aliphatic carbocycles. The highest BCUT2D eigenvalue weighted by molar-refractivity contribution is 5.95. The van der Waals surface area contributed by atoms with Crippen molar-refractivity contribution in [3.05, 3.63) is 40.8 Å². The summed E-state index contributed by atoms with van der Waals surface area (Å²) >= 11 is 0. The van der Waals surface area contributed by atoms with E-state index in [-0.39, 0.29) is 39.3 Å². The first-order chi connectivity index (χ1) is 17.4. The van der Waals surface area contributed by atoms with Crippen molar-refractivity contribution in [1.29, 1.82) is 0 Å². The molecule has 37 heavy (non-hydrogen) atoms. The molecule has 0 N–H and O–H groups in total. The van der Waals surface area contributed by atoms with Gasteiger partial charge in [-0.15, -0.1) is 0 Å². The molecule has 0 aliphatic heterocycles. The highest BCUT2D eigenvalue weighted by atomic mass is 16.6. The van der Waals surface area contributed by atoms with Crippen LogP contribution >= 0.6 is 0 Å². The lowest BCUT2D eigenvalue weighted by Gasteiger charge is -2.15. The molecule has 3 aromatic rings. The summed E-state index contributed by atoms with van der Waals surface area (Å²) in [5.74, 6) is -5.43. The van der Waals surface area contributed by atoms with Gasteiger partial charge in [0.2, 0.25) is 11.2 Å². The van der Waals surface area contributed by atoms with Crippen LogP contribution in [0, 0.1) is 0 Å². The van der Waals surface area contributed by atoms with E-state index in [1.54, 1.807) is 0 Å². The van der Waals surface area contributed by atoms with E-state index in [9.17, 15) is 28.8 Å².